The Balaban J connectivity index is 2.60. The summed E-state index contributed by atoms with van der Waals surface area (Å²) in [5.74, 6) is 0.259. The molecule has 1 aliphatic carbocycles. The van der Waals surface area contributed by atoms with Crippen LogP contribution in [-0.4, -0.2) is 10.9 Å². The molecule has 0 spiro atoms. The summed E-state index contributed by atoms with van der Waals surface area (Å²) in [5.41, 5.74) is 1.68. The number of hydrogen-bond donors (Lipinski definition) is 1. The quantitative estimate of drug-likeness (QED) is 0.625. The van der Waals surface area contributed by atoms with Crippen LogP contribution in [0.1, 0.15) is 11.1 Å². The molecule has 0 radical (unpaired) electrons. The van der Waals surface area contributed by atoms with Gasteiger partial charge in [-0.25, -0.2) is 0 Å². The minimum Gasteiger partial charge on any atom is -0.508 e. The summed E-state index contributed by atoms with van der Waals surface area (Å²) in [6.45, 7) is 0. The van der Waals surface area contributed by atoms with Gasteiger partial charge in [-0.2, -0.15) is 0 Å². The van der Waals surface area contributed by atoms with Crippen molar-refractivity contribution in [2.45, 2.75) is 6.42 Å². The average molecular weight is 160 g/mol. The van der Waals surface area contributed by atoms with E-state index in [0.29, 0.717) is 6.42 Å². The third-order valence-electron chi connectivity index (χ3n) is 1.99. The van der Waals surface area contributed by atoms with Gasteiger partial charge in [0.05, 0.1) is 0 Å². The minimum absolute atomic E-state index is 0.0454. The maximum absolute atomic E-state index is 11.0. The minimum atomic E-state index is 0.0454. The molecule has 12 heavy (non-hydrogen) atoms. The lowest BCUT2D eigenvalue weighted by Gasteiger charge is -2.10. The number of phenols is 1. The van der Waals surface area contributed by atoms with E-state index in [1.165, 1.54) is 0 Å². The zero-order chi connectivity index (χ0) is 8.55. The van der Waals surface area contributed by atoms with Gasteiger partial charge >= 0.3 is 0 Å². The van der Waals surface area contributed by atoms with E-state index in [4.69, 9.17) is 0 Å². The van der Waals surface area contributed by atoms with E-state index in [9.17, 15) is 9.90 Å². The molecule has 60 valence electrons. The van der Waals surface area contributed by atoms with E-state index in [1.54, 1.807) is 24.3 Å². The molecule has 1 aromatic carbocycles. The molecule has 0 aliphatic heterocycles. The Morgan fingerprint density at radius 2 is 2.08 bits per heavy atom. The third-order valence-corrected chi connectivity index (χ3v) is 1.99. The lowest BCUT2D eigenvalue weighted by molar-refractivity contribution is -0.114. The van der Waals surface area contributed by atoms with Crippen LogP contribution in [-0.2, 0) is 11.2 Å². The number of carbonyl (C=O) groups excluding carboxylic acids is 1. The van der Waals surface area contributed by atoms with Crippen molar-refractivity contribution in [2.24, 2.45) is 0 Å². The van der Waals surface area contributed by atoms with Gasteiger partial charge in [0.25, 0.3) is 0 Å². The second kappa shape index (κ2) is 2.48. The summed E-state index contributed by atoms with van der Waals surface area (Å²) in [6, 6.07) is 5.26. The maximum Gasteiger partial charge on any atom is 0.160 e. The highest BCUT2D eigenvalue weighted by atomic mass is 16.3. The van der Waals surface area contributed by atoms with Gasteiger partial charge in [0.1, 0.15) is 5.75 Å². The fraction of sp³-hybridized carbons (Fsp3) is 0.100. The third kappa shape index (κ3) is 1.01. The zero-order valence-corrected chi connectivity index (χ0v) is 6.45. The second-order valence-corrected chi connectivity index (χ2v) is 2.82. The number of phenolic OH excluding ortho intramolecular Hbond substituents is 1. The number of aromatic hydroxyl groups is 1. The summed E-state index contributed by atoms with van der Waals surface area (Å²) in [4.78, 5) is 11.0. The molecule has 1 aliphatic rings. The Bertz CT molecular complexity index is 364. The summed E-state index contributed by atoms with van der Waals surface area (Å²) in [5, 5.41) is 9.39. The monoisotopic (exact) mass is 160 g/mol. The van der Waals surface area contributed by atoms with E-state index in [0.717, 1.165) is 11.1 Å². The molecule has 2 rings (SSSR count). The normalized spacial score (nSPS) is 14.5. The molecule has 0 heterocycles. The van der Waals surface area contributed by atoms with E-state index >= 15 is 0 Å². The van der Waals surface area contributed by atoms with Gasteiger partial charge in [-0.3, -0.25) is 4.79 Å². The number of carbonyl (C=O) groups is 1. The van der Waals surface area contributed by atoms with E-state index in [1.807, 2.05) is 6.07 Å². The number of hydrogen-bond acceptors (Lipinski definition) is 2. The highest BCUT2D eigenvalue weighted by Crippen LogP contribution is 2.25. The first-order chi connectivity index (χ1) is 5.77. The fourth-order valence-electron chi connectivity index (χ4n) is 1.36. The van der Waals surface area contributed by atoms with Crippen LogP contribution in [0.25, 0.3) is 6.08 Å². The summed E-state index contributed by atoms with van der Waals surface area (Å²) in [7, 11) is 0. The lowest BCUT2D eigenvalue weighted by Crippen LogP contribution is -2.04. The van der Waals surface area contributed by atoms with Gasteiger partial charge in [-0.15, -0.1) is 0 Å². The van der Waals surface area contributed by atoms with Crippen LogP contribution in [0.5, 0.6) is 5.75 Å². The molecule has 2 heteroatoms. The van der Waals surface area contributed by atoms with Crippen LogP contribution in [0, 0.1) is 0 Å². The largest absolute Gasteiger partial charge is 0.508 e. The molecular weight excluding hydrogens is 152 g/mol. The topological polar surface area (TPSA) is 37.3 Å². The van der Waals surface area contributed by atoms with E-state index in [-0.39, 0.29) is 11.5 Å². The van der Waals surface area contributed by atoms with Crippen molar-refractivity contribution in [3.8, 4) is 5.75 Å². The van der Waals surface area contributed by atoms with Crippen LogP contribution < -0.4 is 0 Å². The molecule has 1 N–H and O–H groups in total. The van der Waals surface area contributed by atoms with Crippen LogP contribution in [0.4, 0.5) is 0 Å². The Labute approximate surface area is 70.2 Å². The predicted molar refractivity (Wildman–Crippen MR) is 45.9 cm³/mol. The Hall–Kier alpha value is -1.57. The Kier molecular flexibility index (Phi) is 1.47. The van der Waals surface area contributed by atoms with Crippen LogP contribution in [0.3, 0.4) is 0 Å². The van der Waals surface area contributed by atoms with Crippen LogP contribution in [0.15, 0.2) is 24.3 Å². The molecule has 0 saturated carbocycles. The number of allylic oxidation sites excluding steroid dienone is 1. The summed E-state index contributed by atoms with van der Waals surface area (Å²) < 4.78 is 0. The second-order valence-electron chi connectivity index (χ2n) is 2.82. The van der Waals surface area contributed by atoms with E-state index in [2.05, 4.69) is 0 Å². The molecule has 0 aromatic heterocycles. The van der Waals surface area contributed by atoms with Crippen molar-refractivity contribution in [2.75, 3.05) is 0 Å². The molecular formula is C10H8O2. The first kappa shape index (κ1) is 7.10. The van der Waals surface area contributed by atoms with Gasteiger partial charge in [0, 0.05) is 12.0 Å². The summed E-state index contributed by atoms with van der Waals surface area (Å²) in [6.07, 6.45) is 3.60. The molecule has 0 saturated heterocycles. The molecule has 1 aromatic rings. The van der Waals surface area contributed by atoms with E-state index < -0.39 is 0 Å². The maximum atomic E-state index is 11.0. The SMILES string of the molecule is O=C1C=Cc2cccc(O)c2C1. The Morgan fingerprint density at radius 1 is 1.25 bits per heavy atom. The van der Waals surface area contributed by atoms with Gasteiger partial charge in [0.15, 0.2) is 5.78 Å². The first-order valence-corrected chi connectivity index (χ1v) is 3.79. The molecule has 0 atom stereocenters. The molecule has 0 unspecified atom stereocenters. The zero-order valence-electron chi connectivity index (χ0n) is 6.45. The lowest BCUT2D eigenvalue weighted by atomic mass is 9.96. The number of fused-ring (bicyclic) bond motifs is 1. The van der Waals surface area contributed by atoms with Crippen LogP contribution >= 0.6 is 0 Å². The predicted octanol–water partition coefficient (Wildman–Crippen LogP) is 1.53. The number of benzene rings is 1. The number of rotatable bonds is 0. The van der Waals surface area contributed by atoms with Gasteiger partial charge in [-0.05, 0) is 17.7 Å². The van der Waals surface area contributed by atoms with Crippen molar-refractivity contribution >= 4 is 11.9 Å². The average Bonchev–Trinajstić information content (AvgIpc) is 2.07. The van der Waals surface area contributed by atoms with Crippen LogP contribution in [0.2, 0.25) is 0 Å². The highest BCUT2D eigenvalue weighted by molar-refractivity contribution is 5.98. The van der Waals surface area contributed by atoms with Crippen molar-refractivity contribution < 1.29 is 9.90 Å². The van der Waals surface area contributed by atoms with Crippen molar-refractivity contribution in [3.05, 3.63) is 35.4 Å². The fourth-order valence-corrected chi connectivity index (χ4v) is 1.36. The van der Waals surface area contributed by atoms with Crippen molar-refractivity contribution in [1.82, 2.24) is 0 Å². The molecule has 0 fully saturated rings. The highest BCUT2D eigenvalue weighted by Gasteiger charge is 2.12. The molecule has 0 bridgehead atoms. The molecule has 2 nitrogen and oxygen atoms in total. The Morgan fingerprint density at radius 3 is 2.92 bits per heavy atom. The van der Waals surface area contributed by atoms with Gasteiger partial charge < -0.3 is 5.11 Å². The van der Waals surface area contributed by atoms with Crippen molar-refractivity contribution in [1.29, 1.82) is 0 Å². The number of ketones is 1. The molecule has 0 amide bonds. The van der Waals surface area contributed by atoms with Crippen molar-refractivity contribution in [3.63, 3.8) is 0 Å². The summed E-state index contributed by atoms with van der Waals surface area (Å²) >= 11 is 0. The van der Waals surface area contributed by atoms with Gasteiger partial charge in [-0.1, -0.05) is 18.2 Å². The standard InChI is InChI=1S/C10H8O2/c11-8-5-4-7-2-1-3-10(12)9(7)6-8/h1-5,12H,6H2. The first-order valence-electron chi connectivity index (χ1n) is 3.79. The smallest absolute Gasteiger partial charge is 0.160 e. The van der Waals surface area contributed by atoms with Gasteiger partial charge in [0.2, 0.25) is 0 Å².